The van der Waals surface area contributed by atoms with Gasteiger partial charge in [-0.15, -0.1) is 11.8 Å². The van der Waals surface area contributed by atoms with Gasteiger partial charge in [0.25, 0.3) is 11.8 Å². The van der Waals surface area contributed by atoms with Crippen LogP contribution in [0.4, 0.5) is 11.4 Å². The summed E-state index contributed by atoms with van der Waals surface area (Å²) >= 11 is 7.50. The van der Waals surface area contributed by atoms with E-state index in [9.17, 15) is 14.4 Å². The van der Waals surface area contributed by atoms with Crippen molar-refractivity contribution in [1.29, 1.82) is 0 Å². The van der Waals surface area contributed by atoms with E-state index in [1.165, 1.54) is 11.8 Å². The molecule has 202 valence electrons. The van der Waals surface area contributed by atoms with E-state index in [0.29, 0.717) is 21.8 Å². The molecule has 6 nitrogen and oxygen atoms in total. The Morgan fingerprint density at radius 1 is 0.775 bits per heavy atom. The van der Waals surface area contributed by atoms with Gasteiger partial charge in [-0.05, 0) is 97.3 Å². The van der Waals surface area contributed by atoms with Crippen molar-refractivity contribution in [3.8, 4) is 0 Å². The van der Waals surface area contributed by atoms with Gasteiger partial charge in [-0.3, -0.25) is 14.4 Å². The second-order valence-electron chi connectivity index (χ2n) is 9.12. The molecule has 4 rings (SSSR count). The predicted octanol–water partition coefficient (Wildman–Crippen LogP) is 7.10. The van der Waals surface area contributed by atoms with Crippen molar-refractivity contribution in [2.45, 2.75) is 18.7 Å². The number of thioether (sulfide) groups is 1. The molecule has 0 saturated carbocycles. The first-order chi connectivity index (χ1) is 19.2. The van der Waals surface area contributed by atoms with Crippen LogP contribution in [0.5, 0.6) is 0 Å². The lowest BCUT2D eigenvalue weighted by atomic mass is 10.1. The predicted molar refractivity (Wildman–Crippen MR) is 164 cm³/mol. The number of aryl methyl sites for hydroxylation is 2. The number of benzene rings is 4. The second-order valence-corrected chi connectivity index (χ2v) is 10.6. The highest BCUT2D eigenvalue weighted by Gasteiger charge is 2.15. The highest BCUT2D eigenvalue weighted by molar-refractivity contribution is 8.00. The summed E-state index contributed by atoms with van der Waals surface area (Å²) in [6.07, 6.45) is 1.57. The molecule has 0 bridgehead atoms. The average molecular weight is 570 g/mol. The van der Waals surface area contributed by atoms with Gasteiger partial charge in [-0.2, -0.15) is 0 Å². The van der Waals surface area contributed by atoms with Crippen molar-refractivity contribution < 1.29 is 14.4 Å². The van der Waals surface area contributed by atoms with Crippen LogP contribution in [-0.2, 0) is 9.59 Å². The fraction of sp³-hybridized carbons (Fsp3) is 0.0938. The van der Waals surface area contributed by atoms with Crippen molar-refractivity contribution in [2.24, 2.45) is 0 Å². The first kappa shape index (κ1) is 28.7. The molecule has 0 unspecified atom stereocenters. The fourth-order valence-corrected chi connectivity index (χ4v) is 4.83. The van der Waals surface area contributed by atoms with Crippen LogP contribution >= 0.6 is 23.4 Å². The van der Waals surface area contributed by atoms with Crippen molar-refractivity contribution >= 4 is 58.5 Å². The van der Waals surface area contributed by atoms with Crippen molar-refractivity contribution in [2.75, 3.05) is 16.4 Å². The first-order valence-corrected chi connectivity index (χ1v) is 13.9. The van der Waals surface area contributed by atoms with Crippen LogP contribution in [0.3, 0.4) is 0 Å². The van der Waals surface area contributed by atoms with Crippen LogP contribution in [0.2, 0.25) is 5.02 Å². The Hall–Kier alpha value is -4.33. The molecule has 3 N–H and O–H groups in total. The van der Waals surface area contributed by atoms with E-state index in [1.54, 1.807) is 66.7 Å². The highest BCUT2D eigenvalue weighted by atomic mass is 35.5. The summed E-state index contributed by atoms with van der Waals surface area (Å²) in [5.41, 5.74) is 4.66. The van der Waals surface area contributed by atoms with Crippen LogP contribution in [-0.4, -0.2) is 23.5 Å². The molecular formula is C32H28ClN3O3S. The number of amides is 3. The van der Waals surface area contributed by atoms with E-state index in [1.807, 2.05) is 44.2 Å². The zero-order valence-corrected chi connectivity index (χ0v) is 23.6. The molecule has 0 saturated heterocycles. The number of carbonyl (C=O) groups excluding carboxylic acids is 3. The maximum Gasteiger partial charge on any atom is 0.272 e. The van der Waals surface area contributed by atoms with Gasteiger partial charge in [0.2, 0.25) is 5.91 Å². The maximum absolute atomic E-state index is 13.2. The van der Waals surface area contributed by atoms with Crippen LogP contribution in [0.15, 0.2) is 108 Å². The second kappa shape index (κ2) is 13.6. The first-order valence-electron chi connectivity index (χ1n) is 12.5. The van der Waals surface area contributed by atoms with E-state index in [2.05, 4.69) is 22.0 Å². The van der Waals surface area contributed by atoms with E-state index in [0.717, 1.165) is 21.7 Å². The SMILES string of the molecule is Cc1cc(C)cc(NC(=O)CSc2ccc(NC(=O)/C(=C/c3cccc(Cl)c3)NC(=O)c3ccccc3)cc2)c1. The van der Waals surface area contributed by atoms with Gasteiger partial charge < -0.3 is 16.0 Å². The molecule has 0 spiro atoms. The summed E-state index contributed by atoms with van der Waals surface area (Å²) < 4.78 is 0. The number of hydrogen-bond donors (Lipinski definition) is 3. The normalized spacial score (nSPS) is 11.0. The lowest BCUT2D eigenvalue weighted by Crippen LogP contribution is -2.30. The molecule has 0 aliphatic carbocycles. The van der Waals surface area contributed by atoms with Crippen LogP contribution in [0.25, 0.3) is 6.08 Å². The van der Waals surface area contributed by atoms with Gasteiger partial charge in [0, 0.05) is 26.9 Å². The van der Waals surface area contributed by atoms with E-state index >= 15 is 0 Å². The highest BCUT2D eigenvalue weighted by Crippen LogP contribution is 2.22. The zero-order valence-electron chi connectivity index (χ0n) is 22.0. The van der Waals surface area contributed by atoms with Gasteiger partial charge in [0.15, 0.2) is 0 Å². The van der Waals surface area contributed by atoms with Crippen LogP contribution in [0.1, 0.15) is 27.0 Å². The molecule has 0 radical (unpaired) electrons. The zero-order chi connectivity index (χ0) is 28.5. The molecule has 4 aromatic rings. The van der Waals surface area contributed by atoms with E-state index in [4.69, 9.17) is 11.6 Å². The molecular weight excluding hydrogens is 542 g/mol. The van der Waals surface area contributed by atoms with Gasteiger partial charge in [-0.25, -0.2) is 0 Å². The minimum atomic E-state index is -0.488. The summed E-state index contributed by atoms with van der Waals surface area (Å²) in [7, 11) is 0. The molecule has 0 aliphatic heterocycles. The monoisotopic (exact) mass is 569 g/mol. The van der Waals surface area contributed by atoms with Crippen molar-refractivity contribution in [3.63, 3.8) is 0 Å². The topological polar surface area (TPSA) is 87.3 Å². The fourth-order valence-electron chi connectivity index (χ4n) is 3.93. The Kier molecular flexibility index (Phi) is 9.78. The van der Waals surface area contributed by atoms with Crippen LogP contribution in [0, 0.1) is 13.8 Å². The van der Waals surface area contributed by atoms with Gasteiger partial charge in [-0.1, -0.05) is 48.0 Å². The Bertz CT molecular complexity index is 1530. The molecule has 0 fully saturated rings. The van der Waals surface area contributed by atoms with Gasteiger partial charge in [0.05, 0.1) is 5.75 Å². The lowest BCUT2D eigenvalue weighted by molar-refractivity contribution is -0.114. The van der Waals surface area contributed by atoms with E-state index < -0.39 is 11.8 Å². The molecule has 8 heteroatoms. The minimum Gasteiger partial charge on any atom is -0.325 e. The number of hydrogen-bond acceptors (Lipinski definition) is 4. The molecule has 3 amide bonds. The summed E-state index contributed by atoms with van der Waals surface area (Å²) in [5, 5.41) is 8.98. The number of halogens is 1. The Balaban J connectivity index is 1.40. The maximum atomic E-state index is 13.2. The van der Waals surface area contributed by atoms with Crippen LogP contribution < -0.4 is 16.0 Å². The Morgan fingerprint density at radius 3 is 2.15 bits per heavy atom. The molecule has 0 atom stereocenters. The molecule has 0 heterocycles. The largest absolute Gasteiger partial charge is 0.325 e. The van der Waals surface area contributed by atoms with Gasteiger partial charge >= 0.3 is 0 Å². The lowest BCUT2D eigenvalue weighted by Gasteiger charge is -2.12. The smallest absolute Gasteiger partial charge is 0.272 e. The number of nitrogens with one attached hydrogen (secondary N) is 3. The third-order valence-electron chi connectivity index (χ3n) is 5.68. The van der Waals surface area contributed by atoms with Gasteiger partial charge in [0.1, 0.15) is 5.70 Å². The summed E-state index contributed by atoms with van der Waals surface area (Å²) in [6, 6.07) is 28.7. The third kappa shape index (κ3) is 8.59. The molecule has 40 heavy (non-hydrogen) atoms. The molecule has 0 aromatic heterocycles. The Labute approximate surface area is 242 Å². The minimum absolute atomic E-state index is 0.0672. The quantitative estimate of drug-likeness (QED) is 0.148. The standard InChI is InChI=1S/C32H28ClN3O3S/c1-21-15-22(2)17-27(16-21)34-30(37)20-40-28-13-11-26(12-14-28)35-32(39)29(19-23-7-6-10-25(33)18-23)36-31(38)24-8-4-3-5-9-24/h3-19H,20H2,1-2H3,(H,34,37)(H,35,39)(H,36,38)/b29-19-. The summed E-state index contributed by atoms with van der Waals surface area (Å²) in [6.45, 7) is 3.98. The number of carbonyl (C=O) groups is 3. The van der Waals surface area contributed by atoms with E-state index in [-0.39, 0.29) is 17.4 Å². The number of anilines is 2. The molecule has 4 aromatic carbocycles. The Morgan fingerprint density at radius 2 is 1.48 bits per heavy atom. The summed E-state index contributed by atoms with van der Waals surface area (Å²) in [4.78, 5) is 39.3. The van der Waals surface area contributed by atoms with Crippen molar-refractivity contribution in [3.05, 3.63) is 130 Å². The van der Waals surface area contributed by atoms with Crippen molar-refractivity contribution in [1.82, 2.24) is 5.32 Å². The average Bonchev–Trinajstić information content (AvgIpc) is 2.92. The molecule has 0 aliphatic rings. The summed E-state index contributed by atoms with van der Waals surface area (Å²) in [5.74, 6) is -0.749. The third-order valence-corrected chi connectivity index (χ3v) is 6.92. The number of rotatable bonds is 9.